The van der Waals surface area contributed by atoms with E-state index in [0.29, 0.717) is 31.9 Å². The summed E-state index contributed by atoms with van der Waals surface area (Å²) in [7, 11) is 0. The normalized spacial score (nSPS) is 15.4. The highest BCUT2D eigenvalue weighted by Crippen LogP contribution is 2.20. The van der Waals surface area contributed by atoms with Crippen molar-refractivity contribution in [2.24, 2.45) is 0 Å². The highest BCUT2D eigenvalue weighted by atomic mass is 32.1. The summed E-state index contributed by atoms with van der Waals surface area (Å²) >= 11 is 1.39. The van der Waals surface area contributed by atoms with Gasteiger partial charge in [-0.1, -0.05) is 6.92 Å². The number of nitrogens with zero attached hydrogens (tertiary/aromatic N) is 5. The number of aryl methyl sites for hydroxylation is 1. The van der Waals surface area contributed by atoms with Gasteiger partial charge in [-0.2, -0.15) is 9.64 Å². The van der Waals surface area contributed by atoms with Crippen LogP contribution in [-0.2, 0) is 11.2 Å². The fourth-order valence-electron chi connectivity index (χ4n) is 2.45. The van der Waals surface area contributed by atoms with E-state index in [2.05, 4.69) is 14.3 Å². The largest absolute Gasteiger partial charge is 0.465 e. The summed E-state index contributed by atoms with van der Waals surface area (Å²) in [6, 6.07) is 5.40. The van der Waals surface area contributed by atoms with Crippen LogP contribution in [0.2, 0.25) is 0 Å². The van der Waals surface area contributed by atoms with Crippen molar-refractivity contribution in [3.63, 3.8) is 0 Å². The van der Waals surface area contributed by atoms with E-state index in [-0.39, 0.29) is 11.5 Å². The van der Waals surface area contributed by atoms with E-state index in [1.54, 1.807) is 17.0 Å². The molecule has 7 nitrogen and oxygen atoms in total. The Bertz CT molecular complexity index is 767. The summed E-state index contributed by atoms with van der Waals surface area (Å²) in [5, 5.41) is 10.1. The predicted octanol–water partition coefficient (Wildman–Crippen LogP) is 1.95. The number of hydrogen-bond acceptors (Lipinski definition) is 7. The van der Waals surface area contributed by atoms with Crippen molar-refractivity contribution in [1.82, 2.24) is 14.3 Å². The zero-order valence-electron chi connectivity index (χ0n) is 13.3. The first-order valence-corrected chi connectivity index (χ1v) is 8.50. The van der Waals surface area contributed by atoms with Gasteiger partial charge in [-0.25, -0.2) is 4.98 Å². The third kappa shape index (κ3) is 3.46. The standard InChI is InChI=1S/C16H17N5O2S/c1-2-14-18-16(24-19-14)21-7-5-20(6-8-21)15(22)12(11-17)10-13-4-3-9-23-13/h3-4,9-10H,2,5-8H2,1H3. The first-order valence-electron chi connectivity index (χ1n) is 7.73. The van der Waals surface area contributed by atoms with Gasteiger partial charge in [0.05, 0.1) is 6.26 Å². The predicted molar refractivity (Wildman–Crippen MR) is 90.4 cm³/mol. The molecule has 1 fully saturated rings. The summed E-state index contributed by atoms with van der Waals surface area (Å²) < 4.78 is 9.46. The molecular formula is C16H17N5O2S. The van der Waals surface area contributed by atoms with E-state index in [1.165, 1.54) is 23.9 Å². The summed E-state index contributed by atoms with van der Waals surface area (Å²) in [4.78, 5) is 20.8. The molecule has 24 heavy (non-hydrogen) atoms. The minimum absolute atomic E-state index is 0.0857. The van der Waals surface area contributed by atoms with Gasteiger partial charge in [-0.15, -0.1) is 0 Å². The van der Waals surface area contributed by atoms with Crippen LogP contribution >= 0.6 is 11.5 Å². The molecule has 0 aliphatic carbocycles. The quantitative estimate of drug-likeness (QED) is 0.623. The second-order valence-corrected chi connectivity index (χ2v) is 6.04. The van der Waals surface area contributed by atoms with Gasteiger partial charge in [0.25, 0.3) is 5.91 Å². The molecular weight excluding hydrogens is 326 g/mol. The minimum Gasteiger partial charge on any atom is -0.465 e. The van der Waals surface area contributed by atoms with Crippen molar-refractivity contribution in [2.45, 2.75) is 13.3 Å². The van der Waals surface area contributed by atoms with Gasteiger partial charge in [0.15, 0.2) is 0 Å². The lowest BCUT2D eigenvalue weighted by atomic mass is 10.2. The molecule has 2 aromatic rings. The average molecular weight is 343 g/mol. The van der Waals surface area contributed by atoms with Crippen LogP contribution in [0.25, 0.3) is 6.08 Å². The number of hydrogen-bond donors (Lipinski definition) is 0. The van der Waals surface area contributed by atoms with E-state index < -0.39 is 0 Å². The van der Waals surface area contributed by atoms with Crippen LogP contribution in [0.4, 0.5) is 5.13 Å². The molecule has 0 bridgehead atoms. The zero-order valence-corrected chi connectivity index (χ0v) is 14.1. The van der Waals surface area contributed by atoms with Crippen molar-refractivity contribution in [3.05, 3.63) is 35.6 Å². The molecule has 3 rings (SSSR count). The van der Waals surface area contributed by atoms with Gasteiger partial charge in [0, 0.05) is 50.2 Å². The Morgan fingerprint density at radius 3 is 2.83 bits per heavy atom. The lowest BCUT2D eigenvalue weighted by molar-refractivity contribution is -0.126. The van der Waals surface area contributed by atoms with E-state index in [1.807, 2.05) is 13.0 Å². The molecule has 8 heteroatoms. The van der Waals surface area contributed by atoms with Crippen LogP contribution in [0.3, 0.4) is 0 Å². The lowest BCUT2D eigenvalue weighted by Crippen LogP contribution is -2.49. The lowest BCUT2D eigenvalue weighted by Gasteiger charge is -2.34. The number of amides is 1. The van der Waals surface area contributed by atoms with E-state index in [4.69, 9.17) is 4.42 Å². The third-order valence-electron chi connectivity index (χ3n) is 3.79. The van der Waals surface area contributed by atoms with E-state index in [9.17, 15) is 10.1 Å². The number of anilines is 1. The van der Waals surface area contributed by atoms with Crippen molar-refractivity contribution in [3.8, 4) is 6.07 Å². The molecule has 1 saturated heterocycles. The van der Waals surface area contributed by atoms with Crippen LogP contribution in [0.5, 0.6) is 0 Å². The Kier molecular flexibility index (Phi) is 4.91. The van der Waals surface area contributed by atoms with Crippen molar-refractivity contribution >= 4 is 28.6 Å². The van der Waals surface area contributed by atoms with Crippen molar-refractivity contribution in [1.29, 1.82) is 5.26 Å². The molecule has 1 aliphatic heterocycles. The van der Waals surface area contributed by atoms with Crippen LogP contribution in [0, 0.1) is 11.3 Å². The minimum atomic E-state index is -0.264. The topological polar surface area (TPSA) is 86.3 Å². The Balaban J connectivity index is 1.63. The SMILES string of the molecule is CCc1nsc(N2CCN(C(=O)C(C#N)=Cc3ccco3)CC2)n1. The molecule has 1 aliphatic rings. The second kappa shape index (κ2) is 7.27. The van der Waals surface area contributed by atoms with Gasteiger partial charge in [-0.3, -0.25) is 4.79 Å². The maximum Gasteiger partial charge on any atom is 0.264 e. The second-order valence-electron chi connectivity index (χ2n) is 5.31. The van der Waals surface area contributed by atoms with Crippen LogP contribution in [0.15, 0.2) is 28.4 Å². The maximum atomic E-state index is 12.5. The maximum absolute atomic E-state index is 12.5. The highest BCUT2D eigenvalue weighted by molar-refractivity contribution is 7.09. The fourth-order valence-corrected chi connectivity index (χ4v) is 3.25. The third-order valence-corrected chi connectivity index (χ3v) is 4.61. The summed E-state index contributed by atoms with van der Waals surface area (Å²) in [6.07, 6.45) is 3.81. The smallest absolute Gasteiger partial charge is 0.264 e. The number of nitriles is 1. The zero-order chi connectivity index (χ0) is 16.9. The Morgan fingerprint density at radius 2 is 2.25 bits per heavy atom. The Hall–Kier alpha value is -2.66. The molecule has 1 amide bonds. The van der Waals surface area contributed by atoms with Gasteiger partial charge >= 0.3 is 0 Å². The summed E-state index contributed by atoms with van der Waals surface area (Å²) in [5.74, 6) is 1.08. The first-order chi connectivity index (χ1) is 11.7. The molecule has 0 N–H and O–H groups in total. The summed E-state index contributed by atoms with van der Waals surface area (Å²) in [5.41, 5.74) is 0.0857. The van der Waals surface area contributed by atoms with Crippen LogP contribution in [0.1, 0.15) is 18.5 Å². The number of carbonyl (C=O) groups excluding carboxylic acids is 1. The molecule has 0 aromatic carbocycles. The molecule has 0 unspecified atom stereocenters. The highest BCUT2D eigenvalue weighted by Gasteiger charge is 2.25. The van der Waals surface area contributed by atoms with Gasteiger partial charge in [0.1, 0.15) is 23.2 Å². The molecule has 0 saturated carbocycles. The van der Waals surface area contributed by atoms with E-state index in [0.717, 1.165) is 17.4 Å². The van der Waals surface area contributed by atoms with Gasteiger partial charge < -0.3 is 14.2 Å². The molecule has 0 spiro atoms. The van der Waals surface area contributed by atoms with Crippen LogP contribution in [-0.4, -0.2) is 46.3 Å². The number of piperazine rings is 1. The number of rotatable bonds is 4. The molecule has 2 aromatic heterocycles. The van der Waals surface area contributed by atoms with Crippen LogP contribution < -0.4 is 4.90 Å². The van der Waals surface area contributed by atoms with E-state index >= 15 is 0 Å². The summed E-state index contributed by atoms with van der Waals surface area (Å²) in [6.45, 7) is 4.50. The monoisotopic (exact) mass is 343 g/mol. The fraction of sp³-hybridized carbons (Fsp3) is 0.375. The molecule has 124 valence electrons. The van der Waals surface area contributed by atoms with Gasteiger partial charge in [0.2, 0.25) is 5.13 Å². The number of aromatic nitrogens is 2. The van der Waals surface area contributed by atoms with Gasteiger partial charge in [-0.05, 0) is 12.1 Å². The molecule has 0 atom stereocenters. The Morgan fingerprint density at radius 1 is 1.46 bits per heavy atom. The van der Waals surface area contributed by atoms with Crippen molar-refractivity contribution < 1.29 is 9.21 Å². The van der Waals surface area contributed by atoms with Crippen molar-refractivity contribution in [2.75, 3.05) is 31.1 Å². The molecule has 0 radical (unpaired) electrons. The number of carbonyl (C=O) groups is 1. The average Bonchev–Trinajstić information content (AvgIpc) is 3.30. The Labute approximate surface area is 144 Å². The first kappa shape index (κ1) is 16.2. The molecule has 3 heterocycles. The number of furan rings is 1.